The summed E-state index contributed by atoms with van der Waals surface area (Å²) in [6, 6.07) is 8.87. The Balaban J connectivity index is 1.36. The zero-order chi connectivity index (χ0) is 27.5. The van der Waals surface area contributed by atoms with Crippen molar-refractivity contribution in [3.05, 3.63) is 58.9 Å². The molecule has 4 rings (SSSR count). The quantitative estimate of drug-likeness (QED) is 0.251. The molecule has 0 aliphatic carbocycles. The van der Waals surface area contributed by atoms with Crippen LogP contribution in [0, 0.1) is 11.8 Å². The minimum atomic E-state index is -3.85. The van der Waals surface area contributed by atoms with Gasteiger partial charge in [0, 0.05) is 55.5 Å². The van der Waals surface area contributed by atoms with E-state index in [1.165, 1.54) is 21.9 Å². The third-order valence-corrected chi connectivity index (χ3v) is 9.20. The summed E-state index contributed by atoms with van der Waals surface area (Å²) in [5.74, 6) is 5.09. The molecule has 1 aromatic carbocycles. The van der Waals surface area contributed by atoms with Gasteiger partial charge in [0.15, 0.2) is 14.6 Å². The van der Waals surface area contributed by atoms with Crippen LogP contribution in [0.4, 0.5) is 4.79 Å². The maximum atomic E-state index is 12.8. The van der Waals surface area contributed by atoms with E-state index in [1.54, 1.807) is 12.3 Å². The first-order chi connectivity index (χ1) is 18.0. The summed E-state index contributed by atoms with van der Waals surface area (Å²) >= 11 is 0. The van der Waals surface area contributed by atoms with Crippen molar-refractivity contribution in [3.63, 3.8) is 0 Å². The molecule has 3 heterocycles. The lowest BCUT2D eigenvalue weighted by Gasteiger charge is -2.28. The van der Waals surface area contributed by atoms with Crippen LogP contribution < -0.4 is 5.48 Å². The van der Waals surface area contributed by atoms with E-state index in [2.05, 4.69) is 16.7 Å². The Kier molecular flexibility index (Phi) is 8.25. The summed E-state index contributed by atoms with van der Waals surface area (Å²) in [7, 11) is -3.85. The Morgan fingerprint density at radius 2 is 1.84 bits per heavy atom. The summed E-state index contributed by atoms with van der Waals surface area (Å²) in [5.41, 5.74) is 4.36. The highest BCUT2D eigenvalue weighted by Gasteiger charge is 2.44. The maximum Gasteiger partial charge on any atom is 0.328 e. The predicted molar refractivity (Wildman–Crippen MR) is 138 cm³/mol. The Morgan fingerprint density at radius 3 is 2.45 bits per heavy atom. The highest BCUT2D eigenvalue weighted by molar-refractivity contribution is 7.92. The Labute approximate surface area is 221 Å². The van der Waals surface area contributed by atoms with Crippen molar-refractivity contribution < 1.29 is 33.1 Å². The average Bonchev–Trinajstić information content (AvgIpc) is 3.43. The number of aliphatic hydroxyl groups is 1. The first-order valence-corrected chi connectivity index (χ1v) is 14.2. The van der Waals surface area contributed by atoms with Gasteiger partial charge in [0.2, 0.25) is 0 Å². The molecular weight excluding hydrogens is 512 g/mol. The van der Waals surface area contributed by atoms with Gasteiger partial charge < -0.3 is 14.7 Å². The molecule has 204 valence electrons. The van der Waals surface area contributed by atoms with E-state index in [9.17, 15) is 23.1 Å². The van der Waals surface area contributed by atoms with Crippen LogP contribution in [0.3, 0.4) is 0 Å². The van der Waals surface area contributed by atoms with E-state index in [1.807, 2.05) is 24.3 Å². The first-order valence-electron chi connectivity index (χ1n) is 12.3. The molecule has 38 heavy (non-hydrogen) atoms. The molecule has 2 atom stereocenters. The fourth-order valence-electron chi connectivity index (χ4n) is 4.47. The molecule has 2 aliphatic heterocycles. The highest BCUT2D eigenvalue weighted by Crippen LogP contribution is 2.25. The van der Waals surface area contributed by atoms with Crippen LogP contribution in [0.5, 0.6) is 0 Å². The Hall–Kier alpha value is -3.21. The molecule has 1 saturated heterocycles. The molecule has 0 saturated carbocycles. The number of benzene rings is 1. The SMILES string of the molecule is CC(CCN1Cc2cc(C#Cc3ccc(C(O)CN4CCOCC4)cc3)cn2C1=O)(C(=O)NO)S(C)(=O)=O. The number of amides is 2. The van der Waals surface area contributed by atoms with E-state index in [-0.39, 0.29) is 25.5 Å². The van der Waals surface area contributed by atoms with E-state index in [4.69, 9.17) is 9.94 Å². The van der Waals surface area contributed by atoms with E-state index >= 15 is 0 Å². The van der Waals surface area contributed by atoms with E-state index in [0.29, 0.717) is 31.0 Å². The van der Waals surface area contributed by atoms with Crippen LogP contribution >= 0.6 is 0 Å². The largest absolute Gasteiger partial charge is 0.387 e. The van der Waals surface area contributed by atoms with Gasteiger partial charge in [-0.3, -0.25) is 19.5 Å². The molecule has 11 nitrogen and oxygen atoms in total. The predicted octanol–water partition coefficient (Wildman–Crippen LogP) is 0.736. The summed E-state index contributed by atoms with van der Waals surface area (Å²) in [4.78, 5) is 28.5. The van der Waals surface area contributed by atoms with Gasteiger partial charge in [0.25, 0.3) is 5.91 Å². The Bertz CT molecular complexity index is 1350. The second-order valence-electron chi connectivity index (χ2n) is 9.79. The zero-order valence-electron chi connectivity index (χ0n) is 21.4. The standard InChI is InChI=1S/C26H32N4O7S/c1-26(24(32)27-34,38(2,35)36)9-10-29-17-22-15-20(16-30(22)25(29)33)4-3-19-5-7-21(8-6-19)23(31)18-28-11-13-37-14-12-28/h5-8,15-16,23,31,34H,9-14,17-18H2,1-2H3,(H,27,32). The number of ether oxygens (including phenoxy) is 1. The number of fused-ring (bicyclic) bond motifs is 1. The highest BCUT2D eigenvalue weighted by atomic mass is 32.2. The van der Waals surface area contributed by atoms with Gasteiger partial charge in [-0.1, -0.05) is 24.0 Å². The molecule has 2 amide bonds. The van der Waals surface area contributed by atoms with Gasteiger partial charge >= 0.3 is 6.03 Å². The molecule has 0 bridgehead atoms. The van der Waals surface area contributed by atoms with Crippen LogP contribution in [0.25, 0.3) is 0 Å². The molecule has 2 aliphatic rings. The summed E-state index contributed by atoms with van der Waals surface area (Å²) in [5, 5.41) is 19.5. The molecule has 1 fully saturated rings. The number of carbonyl (C=O) groups is 2. The van der Waals surface area contributed by atoms with Crippen molar-refractivity contribution in [2.45, 2.75) is 30.7 Å². The topological polar surface area (TPSA) is 141 Å². The van der Waals surface area contributed by atoms with Crippen molar-refractivity contribution in [1.29, 1.82) is 0 Å². The second kappa shape index (κ2) is 11.3. The number of carbonyl (C=O) groups excluding carboxylic acids is 2. The summed E-state index contributed by atoms with van der Waals surface area (Å²) < 4.78 is 29.2. The molecular formula is C26H32N4O7S. The van der Waals surface area contributed by atoms with Crippen LogP contribution in [0.1, 0.15) is 41.8 Å². The number of nitrogens with one attached hydrogen (secondary N) is 1. The number of hydrogen-bond donors (Lipinski definition) is 3. The monoisotopic (exact) mass is 544 g/mol. The lowest BCUT2D eigenvalue weighted by Crippen LogP contribution is -2.50. The fraction of sp³-hybridized carbons (Fsp3) is 0.462. The van der Waals surface area contributed by atoms with Gasteiger partial charge in [-0.25, -0.2) is 18.7 Å². The molecule has 2 aromatic rings. The van der Waals surface area contributed by atoms with Crippen molar-refractivity contribution >= 4 is 21.8 Å². The van der Waals surface area contributed by atoms with Crippen molar-refractivity contribution in [1.82, 2.24) is 19.8 Å². The van der Waals surface area contributed by atoms with Gasteiger partial charge in [-0.2, -0.15) is 0 Å². The number of β-amino-alcohol motifs (C(OH)–C–C–N with tert-alkyl or cyclic N) is 1. The number of sulfone groups is 1. The molecule has 0 radical (unpaired) electrons. The third kappa shape index (κ3) is 5.92. The number of aromatic nitrogens is 1. The fourth-order valence-corrected chi connectivity index (χ4v) is 5.31. The third-order valence-electron chi connectivity index (χ3n) is 7.17. The van der Waals surface area contributed by atoms with Gasteiger partial charge in [-0.05, 0) is 37.1 Å². The van der Waals surface area contributed by atoms with Crippen molar-refractivity contribution in [3.8, 4) is 11.8 Å². The molecule has 12 heteroatoms. The maximum absolute atomic E-state index is 12.8. The zero-order valence-corrected chi connectivity index (χ0v) is 22.2. The van der Waals surface area contributed by atoms with Crippen LogP contribution in [0.15, 0.2) is 36.5 Å². The van der Waals surface area contributed by atoms with Gasteiger partial charge in [0.05, 0.1) is 25.9 Å². The number of nitrogens with zero attached hydrogens (tertiary/aromatic N) is 3. The molecule has 1 aromatic heterocycles. The van der Waals surface area contributed by atoms with Crippen molar-refractivity contribution in [2.24, 2.45) is 0 Å². The number of morpholine rings is 1. The number of hydrogen-bond acceptors (Lipinski definition) is 8. The van der Waals surface area contributed by atoms with Gasteiger partial charge in [0.1, 0.15) is 0 Å². The summed E-state index contributed by atoms with van der Waals surface area (Å²) in [6.45, 7) is 5.02. The molecule has 0 spiro atoms. The number of hydroxylamine groups is 1. The minimum Gasteiger partial charge on any atom is -0.387 e. The number of rotatable bonds is 8. The van der Waals surface area contributed by atoms with E-state index < -0.39 is 26.6 Å². The normalized spacial score (nSPS) is 18.3. The molecule has 3 N–H and O–H groups in total. The summed E-state index contributed by atoms with van der Waals surface area (Å²) in [6.07, 6.45) is 1.79. The van der Waals surface area contributed by atoms with Crippen LogP contribution in [-0.4, -0.2) is 95.4 Å². The van der Waals surface area contributed by atoms with Gasteiger partial charge in [-0.15, -0.1) is 0 Å². The lowest BCUT2D eigenvalue weighted by molar-refractivity contribution is -0.131. The Morgan fingerprint density at radius 1 is 1.18 bits per heavy atom. The smallest absolute Gasteiger partial charge is 0.328 e. The number of aliphatic hydroxyl groups excluding tert-OH is 1. The minimum absolute atomic E-state index is 0.0161. The van der Waals surface area contributed by atoms with Crippen LogP contribution in [0.2, 0.25) is 0 Å². The van der Waals surface area contributed by atoms with Crippen LogP contribution in [-0.2, 0) is 25.9 Å². The second-order valence-corrected chi connectivity index (χ2v) is 12.2. The first kappa shape index (κ1) is 27.8. The van der Waals surface area contributed by atoms with E-state index in [0.717, 1.165) is 30.5 Å². The molecule has 2 unspecified atom stereocenters. The van der Waals surface area contributed by atoms with Crippen molar-refractivity contribution in [2.75, 3.05) is 45.6 Å². The average molecular weight is 545 g/mol. The lowest BCUT2D eigenvalue weighted by atomic mass is 10.1.